The maximum atomic E-state index is 6.01. The number of nitrogens with zero attached hydrogens (tertiary/aromatic N) is 1. The Labute approximate surface area is 105 Å². The van der Waals surface area contributed by atoms with Crippen molar-refractivity contribution < 1.29 is 0 Å². The summed E-state index contributed by atoms with van der Waals surface area (Å²) >= 11 is 7.78. The van der Waals surface area contributed by atoms with E-state index in [1.165, 1.54) is 4.88 Å². The lowest BCUT2D eigenvalue weighted by Crippen LogP contribution is -1.87. The summed E-state index contributed by atoms with van der Waals surface area (Å²) in [5.41, 5.74) is 2.19. The van der Waals surface area contributed by atoms with Crippen molar-refractivity contribution in [2.45, 2.75) is 26.7 Å². The largest absolute Gasteiger partial charge is 0.241 e. The van der Waals surface area contributed by atoms with Crippen molar-refractivity contribution in [2.75, 3.05) is 0 Å². The Morgan fingerprint density at radius 2 is 2.06 bits per heavy atom. The fourth-order valence-electron chi connectivity index (χ4n) is 1.68. The molecule has 1 nitrogen and oxygen atoms in total. The number of halogens is 1. The van der Waals surface area contributed by atoms with Crippen LogP contribution in [0.1, 0.15) is 29.7 Å². The molecule has 0 spiro atoms. The monoisotopic (exact) mass is 251 g/mol. The van der Waals surface area contributed by atoms with E-state index in [0.29, 0.717) is 5.92 Å². The van der Waals surface area contributed by atoms with Crippen LogP contribution in [0.15, 0.2) is 24.3 Å². The topological polar surface area (TPSA) is 12.9 Å². The highest BCUT2D eigenvalue weighted by Gasteiger charge is 2.14. The molecule has 0 fully saturated rings. The molecule has 84 valence electrons. The van der Waals surface area contributed by atoms with E-state index in [9.17, 15) is 0 Å². The Bertz CT molecular complexity index is 502. The second-order valence-electron chi connectivity index (χ2n) is 4.11. The van der Waals surface area contributed by atoms with E-state index >= 15 is 0 Å². The zero-order valence-corrected chi connectivity index (χ0v) is 11.2. The summed E-state index contributed by atoms with van der Waals surface area (Å²) in [6.07, 6.45) is 0. The van der Waals surface area contributed by atoms with Crippen LogP contribution in [0.3, 0.4) is 0 Å². The minimum absolute atomic E-state index is 0.500. The molecule has 0 atom stereocenters. The van der Waals surface area contributed by atoms with Crippen molar-refractivity contribution >= 4 is 22.9 Å². The normalized spacial score (nSPS) is 11.1. The first-order valence-corrected chi connectivity index (χ1v) is 6.50. The standard InChI is InChI=1S/C13H14ClNS/c1-8(2)13-12(15-9(3)16-13)10-5-4-6-11(14)7-10/h4-8H,1-3H3. The molecule has 0 aliphatic carbocycles. The highest BCUT2D eigenvalue weighted by atomic mass is 35.5. The van der Waals surface area contributed by atoms with E-state index in [-0.39, 0.29) is 0 Å². The summed E-state index contributed by atoms with van der Waals surface area (Å²) in [5.74, 6) is 0.500. The summed E-state index contributed by atoms with van der Waals surface area (Å²) in [5, 5.41) is 1.87. The molecule has 16 heavy (non-hydrogen) atoms. The quantitative estimate of drug-likeness (QED) is 0.740. The van der Waals surface area contributed by atoms with Gasteiger partial charge in [0.1, 0.15) is 0 Å². The first-order valence-electron chi connectivity index (χ1n) is 5.31. The van der Waals surface area contributed by atoms with E-state index in [0.717, 1.165) is 21.3 Å². The highest BCUT2D eigenvalue weighted by molar-refractivity contribution is 7.12. The van der Waals surface area contributed by atoms with Crippen molar-refractivity contribution in [3.05, 3.63) is 39.2 Å². The second-order valence-corrected chi connectivity index (χ2v) is 5.78. The first kappa shape index (κ1) is 11.6. The van der Waals surface area contributed by atoms with Gasteiger partial charge in [0.2, 0.25) is 0 Å². The van der Waals surface area contributed by atoms with Gasteiger partial charge in [-0.05, 0) is 25.0 Å². The number of hydrogen-bond donors (Lipinski definition) is 0. The average Bonchev–Trinajstić information content (AvgIpc) is 2.60. The molecule has 0 unspecified atom stereocenters. The minimum Gasteiger partial charge on any atom is -0.241 e. The van der Waals surface area contributed by atoms with Crippen LogP contribution in [0.2, 0.25) is 5.02 Å². The minimum atomic E-state index is 0.500. The molecular formula is C13H14ClNS. The van der Waals surface area contributed by atoms with Gasteiger partial charge in [-0.2, -0.15) is 0 Å². The molecule has 0 aliphatic heterocycles. The summed E-state index contributed by atoms with van der Waals surface area (Å²) in [6, 6.07) is 7.89. The van der Waals surface area contributed by atoms with E-state index in [2.05, 4.69) is 24.9 Å². The van der Waals surface area contributed by atoms with Gasteiger partial charge >= 0.3 is 0 Å². The first-order chi connectivity index (χ1) is 7.58. The van der Waals surface area contributed by atoms with Gasteiger partial charge in [-0.15, -0.1) is 11.3 Å². The zero-order valence-electron chi connectivity index (χ0n) is 9.62. The summed E-state index contributed by atoms with van der Waals surface area (Å²) in [4.78, 5) is 5.94. The Hall–Kier alpha value is -0.860. The number of thiazole rings is 1. The van der Waals surface area contributed by atoms with Crippen LogP contribution < -0.4 is 0 Å². The molecule has 1 heterocycles. The van der Waals surface area contributed by atoms with E-state index < -0.39 is 0 Å². The molecule has 0 amide bonds. The predicted molar refractivity (Wildman–Crippen MR) is 71.4 cm³/mol. The van der Waals surface area contributed by atoms with Gasteiger partial charge in [-0.25, -0.2) is 4.98 Å². The molecule has 0 N–H and O–H groups in total. The van der Waals surface area contributed by atoms with Crippen molar-refractivity contribution in [1.29, 1.82) is 0 Å². The molecule has 0 aliphatic rings. The molecule has 1 aromatic carbocycles. The fraction of sp³-hybridized carbons (Fsp3) is 0.308. The number of benzene rings is 1. The molecule has 0 radical (unpaired) electrons. The lowest BCUT2D eigenvalue weighted by molar-refractivity contribution is 0.888. The third-order valence-electron chi connectivity index (χ3n) is 2.38. The predicted octanol–water partition coefficient (Wildman–Crippen LogP) is 4.90. The molecule has 2 aromatic rings. The van der Waals surface area contributed by atoms with Crippen LogP contribution in [-0.4, -0.2) is 4.98 Å². The van der Waals surface area contributed by atoms with Gasteiger partial charge in [0.25, 0.3) is 0 Å². The van der Waals surface area contributed by atoms with Crippen molar-refractivity contribution in [1.82, 2.24) is 4.98 Å². The Morgan fingerprint density at radius 1 is 1.31 bits per heavy atom. The summed E-state index contributed by atoms with van der Waals surface area (Å²) < 4.78 is 0. The molecule has 0 saturated heterocycles. The van der Waals surface area contributed by atoms with Crippen molar-refractivity contribution in [2.24, 2.45) is 0 Å². The van der Waals surface area contributed by atoms with Crippen LogP contribution in [0, 0.1) is 6.92 Å². The van der Waals surface area contributed by atoms with Crippen LogP contribution in [0.4, 0.5) is 0 Å². The lowest BCUT2D eigenvalue weighted by atomic mass is 10.1. The molecular weight excluding hydrogens is 238 g/mol. The van der Waals surface area contributed by atoms with E-state index in [1.54, 1.807) is 11.3 Å². The smallest absolute Gasteiger partial charge is 0.0904 e. The van der Waals surface area contributed by atoms with E-state index in [4.69, 9.17) is 11.6 Å². The average molecular weight is 252 g/mol. The van der Waals surface area contributed by atoms with Crippen molar-refractivity contribution in [3.63, 3.8) is 0 Å². The number of aryl methyl sites for hydroxylation is 1. The van der Waals surface area contributed by atoms with Crippen LogP contribution in [0.5, 0.6) is 0 Å². The molecule has 2 rings (SSSR count). The molecule has 3 heteroatoms. The summed E-state index contributed by atoms with van der Waals surface area (Å²) in [7, 11) is 0. The number of rotatable bonds is 2. The lowest BCUT2D eigenvalue weighted by Gasteiger charge is -2.05. The van der Waals surface area contributed by atoms with Crippen LogP contribution >= 0.6 is 22.9 Å². The fourth-order valence-corrected chi connectivity index (χ4v) is 2.82. The van der Waals surface area contributed by atoms with Crippen molar-refractivity contribution in [3.8, 4) is 11.3 Å². The highest BCUT2D eigenvalue weighted by Crippen LogP contribution is 2.34. The number of hydrogen-bond acceptors (Lipinski definition) is 2. The molecule has 0 bridgehead atoms. The maximum absolute atomic E-state index is 6.01. The van der Waals surface area contributed by atoms with Gasteiger partial charge in [-0.1, -0.05) is 37.6 Å². The van der Waals surface area contributed by atoms with Crippen LogP contribution in [0.25, 0.3) is 11.3 Å². The third kappa shape index (κ3) is 2.28. The van der Waals surface area contributed by atoms with Crippen LogP contribution in [-0.2, 0) is 0 Å². The molecule has 0 saturated carbocycles. The second kappa shape index (κ2) is 4.56. The van der Waals surface area contributed by atoms with Gasteiger partial charge in [-0.3, -0.25) is 0 Å². The Kier molecular flexibility index (Phi) is 3.31. The van der Waals surface area contributed by atoms with Gasteiger partial charge in [0, 0.05) is 15.5 Å². The van der Waals surface area contributed by atoms with E-state index in [1.807, 2.05) is 25.1 Å². The Morgan fingerprint density at radius 3 is 2.69 bits per heavy atom. The zero-order chi connectivity index (χ0) is 11.7. The Balaban J connectivity index is 2.55. The molecule has 1 aromatic heterocycles. The number of aromatic nitrogens is 1. The van der Waals surface area contributed by atoms with Gasteiger partial charge in [0.05, 0.1) is 10.7 Å². The third-order valence-corrected chi connectivity index (χ3v) is 3.89. The van der Waals surface area contributed by atoms with Gasteiger partial charge in [0.15, 0.2) is 0 Å². The maximum Gasteiger partial charge on any atom is 0.0904 e. The SMILES string of the molecule is Cc1nc(-c2cccc(Cl)c2)c(C(C)C)s1. The van der Waals surface area contributed by atoms with Gasteiger partial charge < -0.3 is 0 Å². The summed E-state index contributed by atoms with van der Waals surface area (Å²) in [6.45, 7) is 6.44.